The molecule has 2 rings (SSSR count). The molecule has 0 amide bonds. The van der Waals surface area contributed by atoms with Gasteiger partial charge in [-0.3, -0.25) is 4.98 Å². The lowest BCUT2D eigenvalue weighted by molar-refractivity contribution is 0.491. The van der Waals surface area contributed by atoms with E-state index in [9.17, 15) is 0 Å². The summed E-state index contributed by atoms with van der Waals surface area (Å²) in [6, 6.07) is 2.21. The van der Waals surface area contributed by atoms with Gasteiger partial charge in [0.1, 0.15) is 0 Å². The Labute approximate surface area is 80.2 Å². The molecule has 0 N–H and O–H groups in total. The van der Waals surface area contributed by atoms with E-state index in [-0.39, 0.29) is 0 Å². The summed E-state index contributed by atoms with van der Waals surface area (Å²) in [5, 5.41) is 0. The summed E-state index contributed by atoms with van der Waals surface area (Å²) in [5.41, 5.74) is 5.49. The number of hydrogen-bond donors (Lipinski definition) is 0. The maximum atomic E-state index is 4.61. The van der Waals surface area contributed by atoms with Crippen molar-refractivity contribution in [1.82, 2.24) is 4.98 Å². The first-order valence-electron chi connectivity index (χ1n) is 5.13. The molecular formula is C12H17N. The summed E-state index contributed by atoms with van der Waals surface area (Å²) >= 11 is 0. The van der Waals surface area contributed by atoms with Crippen LogP contribution in [0.5, 0.6) is 0 Å². The molecule has 0 saturated heterocycles. The van der Waals surface area contributed by atoms with E-state index in [0.29, 0.717) is 0 Å². The quantitative estimate of drug-likeness (QED) is 0.591. The minimum absolute atomic E-state index is 0.843. The highest BCUT2D eigenvalue weighted by molar-refractivity contribution is 5.33. The van der Waals surface area contributed by atoms with Crippen LogP contribution in [-0.2, 0) is 12.8 Å². The van der Waals surface area contributed by atoms with Crippen molar-refractivity contribution in [2.24, 2.45) is 5.92 Å². The van der Waals surface area contributed by atoms with Gasteiger partial charge in [-0.1, -0.05) is 6.92 Å². The molecule has 1 aromatic heterocycles. The molecular weight excluding hydrogens is 158 g/mol. The summed E-state index contributed by atoms with van der Waals surface area (Å²) in [6.45, 7) is 6.64. The van der Waals surface area contributed by atoms with Crippen LogP contribution < -0.4 is 0 Å². The summed E-state index contributed by atoms with van der Waals surface area (Å²) in [6.07, 6.45) is 3.72. The molecule has 1 aliphatic rings. The Morgan fingerprint density at radius 3 is 2.92 bits per heavy atom. The number of fused-ring (bicyclic) bond motifs is 1. The van der Waals surface area contributed by atoms with Gasteiger partial charge in [0.05, 0.1) is 0 Å². The van der Waals surface area contributed by atoms with E-state index in [2.05, 4.69) is 31.8 Å². The SMILES string of the molecule is Cc1cc(C)c2c(n1)CC[C@@H](C)C2. The molecule has 1 aromatic rings. The number of nitrogens with zero attached hydrogens (tertiary/aromatic N) is 1. The third-order valence-electron chi connectivity index (χ3n) is 2.99. The van der Waals surface area contributed by atoms with Crippen LogP contribution in [0.3, 0.4) is 0 Å². The van der Waals surface area contributed by atoms with Gasteiger partial charge in [-0.15, -0.1) is 0 Å². The van der Waals surface area contributed by atoms with Crippen LogP contribution in [0.25, 0.3) is 0 Å². The van der Waals surface area contributed by atoms with Gasteiger partial charge in [-0.25, -0.2) is 0 Å². The first kappa shape index (κ1) is 8.74. The Morgan fingerprint density at radius 2 is 2.15 bits per heavy atom. The van der Waals surface area contributed by atoms with E-state index in [0.717, 1.165) is 5.92 Å². The average Bonchev–Trinajstić information content (AvgIpc) is 2.06. The molecule has 1 atom stereocenters. The van der Waals surface area contributed by atoms with Crippen LogP contribution in [0.15, 0.2) is 6.07 Å². The lowest BCUT2D eigenvalue weighted by Gasteiger charge is -2.22. The topological polar surface area (TPSA) is 12.9 Å². The van der Waals surface area contributed by atoms with Gasteiger partial charge in [-0.05, 0) is 56.2 Å². The second-order valence-corrected chi connectivity index (χ2v) is 4.35. The van der Waals surface area contributed by atoms with Gasteiger partial charge in [0, 0.05) is 11.4 Å². The highest BCUT2D eigenvalue weighted by Gasteiger charge is 2.17. The van der Waals surface area contributed by atoms with Crippen LogP contribution in [0, 0.1) is 19.8 Å². The molecule has 0 fully saturated rings. The van der Waals surface area contributed by atoms with Crippen LogP contribution in [0.2, 0.25) is 0 Å². The molecule has 0 aliphatic heterocycles. The molecule has 0 bridgehead atoms. The molecule has 1 nitrogen and oxygen atoms in total. The minimum Gasteiger partial charge on any atom is -0.258 e. The van der Waals surface area contributed by atoms with Gasteiger partial charge in [0.25, 0.3) is 0 Å². The van der Waals surface area contributed by atoms with Crippen molar-refractivity contribution < 1.29 is 0 Å². The fourth-order valence-corrected chi connectivity index (χ4v) is 2.26. The maximum absolute atomic E-state index is 4.61. The largest absolute Gasteiger partial charge is 0.258 e. The third-order valence-corrected chi connectivity index (χ3v) is 2.99. The minimum atomic E-state index is 0.843. The Morgan fingerprint density at radius 1 is 1.38 bits per heavy atom. The lowest BCUT2D eigenvalue weighted by Crippen LogP contribution is -2.14. The second-order valence-electron chi connectivity index (χ2n) is 4.35. The van der Waals surface area contributed by atoms with Crippen molar-refractivity contribution in [3.8, 4) is 0 Å². The zero-order chi connectivity index (χ0) is 9.42. The molecule has 1 aliphatic carbocycles. The van der Waals surface area contributed by atoms with E-state index in [1.165, 1.54) is 41.8 Å². The number of aryl methyl sites for hydroxylation is 3. The zero-order valence-corrected chi connectivity index (χ0v) is 8.72. The summed E-state index contributed by atoms with van der Waals surface area (Å²) < 4.78 is 0. The zero-order valence-electron chi connectivity index (χ0n) is 8.72. The Hall–Kier alpha value is -0.850. The fraction of sp³-hybridized carbons (Fsp3) is 0.583. The van der Waals surface area contributed by atoms with Gasteiger partial charge in [-0.2, -0.15) is 0 Å². The Kier molecular flexibility index (Phi) is 2.10. The van der Waals surface area contributed by atoms with E-state index in [1.54, 1.807) is 0 Å². The summed E-state index contributed by atoms with van der Waals surface area (Å²) in [7, 11) is 0. The second kappa shape index (κ2) is 3.13. The highest BCUT2D eigenvalue weighted by atomic mass is 14.7. The van der Waals surface area contributed by atoms with Gasteiger partial charge in [0.15, 0.2) is 0 Å². The predicted octanol–water partition coefficient (Wildman–Crippen LogP) is 2.82. The van der Waals surface area contributed by atoms with Crippen molar-refractivity contribution in [2.45, 2.75) is 40.0 Å². The summed E-state index contributed by atoms with van der Waals surface area (Å²) in [5.74, 6) is 0.843. The molecule has 0 radical (unpaired) electrons. The molecule has 1 heterocycles. The third kappa shape index (κ3) is 1.60. The number of hydrogen-bond acceptors (Lipinski definition) is 1. The molecule has 13 heavy (non-hydrogen) atoms. The van der Waals surface area contributed by atoms with Crippen molar-refractivity contribution >= 4 is 0 Å². The van der Waals surface area contributed by atoms with Crippen LogP contribution >= 0.6 is 0 Å². The van der Waals surface area contributed by atoms with E-state index in [4.69, 9.17) is 0 Å². The molecule has 0 spiro atoms. The van der Waals surface area contributed by atoms with Gasteiger partial charge in [0.2, 0.25) is 0 Å². The Bertz CT molecular complexity index is 328. The first-order chi connectivity index (χ1) is 6.16. The van der Waals surface area contributed by atoms with E-state index < -0.39 is 0 Å². The van der Waals surface area contributed by atoms with Crippen LogP contribution in [-0.4, -0.2) is 4.98 Å². The monoisotopic (exact) mass is 175 g/mol. The predicted molar refractivity (Wildman–Crippen MR) is 54.9 cm³/mol. The number of pyridine rings is 1. The van der Waals surface area contributed by atoms with Crippen LogP contribution in [0.4, 0.5) is 0 Å². The lowest BCUT2D eigenvalue weighted by atomic mass is 9.85. The summed E-state index contributed by atoms with van der Waals surface area (Å²) in [4.78, 5) is 4.61. The smallest absolute Gasteiger partial charge is 0.0441 e. The molecule has 0 unspecified atom stereocenters. The standard InChI is InChI=1S/C12H17N/c1-8-4-5-12-11(6-8)9(2)7-10(3)13-12/h7-8H,4-6H2,1-3H3/t8-/m1/s1. The maximum Gasteiger partial charge on any atom is 0.0441 e. The van der Waals surface area contributed by atoms with E-state index in [1.807, 2.05) is 0 Å². The first-order valence-corrected chi connectivity index (χ1v) is 5.13. The van der Waals surface area contributed by atoms with E-state index >= 15 is 0 Å². The van der Waals surface area contributed by atoms with Crippen molar-refractivity contribution in [1.29, 1.82) is 0 Å². The molecule has 0 aromatic carbocycles. The van der Waals surface area contributed by atoms with Crippen molar-refractivity contribution in [3.63, 3.8) is 0 Å². The number of aromatic nitrogens is 1. The number of rotatable bonds is 0. The average molecular weight is 175 g/mol. The fourth-order valence-electron chi connectivity index (χ4n) is 2.26. The molecule has 1 heteroatoms. The highest BCUT2D eigenvalue weighted by Crippen LogP contribution is 2.26. The molecule has 0 saturated carbocycles. The normalized spacial score (nSPS) is 21.3. The van der Waals surface area contributed by atoms with Crippen molar-refractivity contribution in [3.05, 3.63) is 28.6 Å². The van der Waals surface area contributed by atoms with Gasteiger partial charge >= 0.3 is 0 Å². The Balaban J connectivity index is 2.47. The van der Waals surface area contributed by atoms with Crippen molar-refractivity contribution in [2.75, 3.05) is 0 Å². The van der Waals surface area contributed by atoms with Gasteiger partial charge < -0.3 is 0 Å². The van der Waals surface area contributed by atoms with Crippen LogP contribution in [0.1, 0.15) is 35.9 Å². The molecule has 70 valence electrons.